The number of nitrogens with zero attached hydrogens (tertiary/aromatic N) is 3. The van der Waals surface area contributed by atoms with E-state index in [1.54, 1.807) is 11.0 Å². The zero-order chi connectivity index (χ0) is 15.6. The Balaban J connectivity index is 1.62. The molecule has 112 valence electrons. The second-order valence-electron chi connectivity index (χ2n) is 5.59. The maximum Gasteiger partial charge on any atom is 0.189 e. The van der Waals surface area contributed by atoms with Crippen molar-refractivity contribution in [3.8, 4) is 5.69 Å². The van der Waals surface area contributed by atoms with E-state index in [1.165, 1.54) is 6.33 Å². The third kappa shape index (κ3) is 2.59. The number of rotatable bonds is 2. The molecule has 0 bridgehead atoms. The van der Waals surface area contributed by atoms with Crippen LogP contribution in [0.15, 0.2) is 66.8 Å². The molecule has 4 heteroatoms. The van der Waals surface area contributed by atoms with Crippen LogP contribution in [0.1, 0.15) is 27.9 Å². The highest BCUT2D eigenvalue weighted by Gasteiger charge is 2.20. The molecule has 0 radical (unpaired) electrons. The Morgan fingerprint density at radius 2 is 1.83 bits per heavy atom. The smallest absolute Gasteiger partial charge is 0.189 e. The van der Waals surface area contributed by atoms with Gasteiger partial charge in [-0.05, 0) is 42.2 Å². The van der Waals surface area contributed by atoms with Crippen LogP contribution >= 0.6 is 0 Å². The first-order chi connectivity index (χ1) is 11.3. The minimum atomic E-state index is 0.146. The first-order valence-corrected chi connectivity index (χ1v) is 7.59. The van der Waals surface area contributed by atoms with Crippen LogP contribution in [0.25, 0.3) is 11.8 Å². The maximum atomic E-state index is 12.6. The monoisotopic (exact) mass is 301 g/mol. The molecule has 2 aromatic carbocycles. The lowest BCUT2D eigenvalue weighted by Gasteiger charge is -2.17. The Hall–Kier alpha value is -3.01. The van der Waals surface area contributed by atoms with E-state index in [9.17, 15) is 4.79 Å². The molecule has 0 spiro atoms. The number of ketones is 1. The number of carbonyl (C=O) groups excluding carboxylic acids is 1. The summed E-state index contributed by atoms with van der Waals surface area (Å²) in [6.45, 7) is 0. The normalized spacial score (nSPS) is 15.7. The number of Topliss-reactive ketones (excluding diaryl/α,β-unsaturated/α-hetero) is 1. The lowest BCUT2D eigenvalue weighted by molar-refractivity contribution is 0.102. The minimum absolute atomic E-state index is 0.146. The summed E-state index contributed by atoms with van der Waals surface area (Å²) in [4.78, 5) is 16.5. The summed E-state index contributed by atoms with van der Waals surface area (Å²) in [5.41, 5.74) is 4.83. The highest BCUT2D eigenvalue weighted by molar-refractivity contribution is 6.13. The van der Waals surface area contributed by atoms with Gasteiger partial charge in [0.05, 0.1) is 5.69 Å². The number of fused-ring (bicyclic) bond motifs is 1. The second-order valence-corrected chi connectivity index (χ2v) is 5.59. The summed E-state index contributed by atoms with van der Waals surface area (Å²) in [5, 5.41) is 4.10. The highest BCUT2D eigenvalue weighted by Crippen LogP contribution is 2.26. The van der Waals surface area contributed by atoms with Crippen molar-refractivity contribution in [3.05, 3.63) is 83.4 Å². The van der Waals surface area contributed by atoms with E-state index in [1.807, 2.05) is 54.6 Å². The van der Waals surface area contributed by atoms with Gasteiger partial charge in [-0.3, -0.25) is 4.79 Å². The number of aromatic nitrogens is 3. The van der Waals surface area contributed by atoms with Crippen molar-refractivity contribution in [2.75, 3.05) is 0 Å². The number of aryl methyl sites for hydroxylation is 1. The van der Waals surface area contributed by atoms with Crippen LogP contribution in [0, 0.1) is 0 Å². The van der Waals surface area contributed by atoms with Gasteiger partial charge in [-0.25, -0.2) is 9.67 Å². The van der Waals surface area contributed by atoms with Crippen molar-refractivity contribution in [3.63, 3.8) is 0 Å². The minimum Gasteiger partial charge on any atom is -0.289 e. The molecule has 1 aromatic heterocycles. The molecule has 1 heterocycles. The molecule has 0 aliphatic heterocycles. The highest BCUT2D eigenvalue weighted by atomic mass is 16.1. The van der Waals surface area contributed by atoms with Crippen molar-refractivity contribution in [1.82, 2.24) is 14.8 Å². The third-order valence-corrected chi connectivity index (χ3v) is 4.13. The predicted molar refractivity (Wildman–Crippen MR) is 88.4 cm³/mol. The van der Waals surface area contributed by atoms with Crippen LogP contribution in [0.4, 0.5) is 0 Å². The number of carbonyl (C=O) groups is 1. The standard InChI is InChI=1S/C19H15N3O/c23-19-16(8-7-15-3-1-2-4-18(15)19)11-14-5-9-17(10-6-14)22-13-20-12-21-22/h1-6,9-13H,7-8H2/b16-11+. The van der Waals surface area contributed by atoms with Crippen LogP contribution in [0.2, 0.25) is 0 Å². The van der Waals surface area contributed by atoms with E-state index in [0.29, 0.717) is 0 Å². The van der Waals surface area contributed by atoms with Crippen molar-refractivity contribution in [2.45, 2.75) is 12.8 Å². The topological polar surface area (TPSA) is 47.8 Å². The molecule has 4 nitrogen and oxygen atoms in total. The molecule has 4 rings (SSSR count). The van der Waals surface area contributed by atoms with Gasteiger partial charge in [0.1, 0.15) is 12.7 Å². The fourth-order valence-corrected chi connectivity index (χ4v) is 2.92. The fraction of sp³-hybridized carbons (Fsp3) is 0.105. The Labute approximate surface area is 134 Å². The lowest BCUT2D eigenvalue weighted by atomic mass is 9.86. The molecule has 3 aromatic rings. The summed E-state index contributed by atoms with van der Waals surface area (Å²) >= 11 is 0. The average molecular weight is 301 g/mol. The molecule has 0 fully saturated rings. The average Bonchev–Trinajstić information content (AvgIpc) is 3.13. The van der Waals surface area contributed by atoms with Gasteiger partial charge < -0.3 is 0 Å². The van der Waals surface area contributed by atoms with Crippen molar-refractivity contribution >= 4 is 11.9 Å². The Bertz CT molecular complexity index is 877. The maximum absolute atomic E-state index is 12.6. The van der Waals surface area contributed by atoms with Crippen LogP contribution < -0.4 is 0 Å². The van der Waals surface area contributed by atoms with Gasteiger partial charge >= 0.3 is 0 Å². The van der Waals surface area contributed by atoms with Gasteiger partial charge in [-0.15, -0.1) is 0 Å². The molecule has 0 saturated carbocycles. The molecule has 1 aliphatic carbocycles. The van der Waals surface area contributed by atoms with Gasteiger partial charge in [0.25, 0.3) is 0 Å². The molecule has 1 aliphatic rings. The van der Waals surface area contributed by atoms with Gasteiger partial charge in [0, 0.05) is 11.1 Å². The van der Waals surface area contributed by atoms with E-state index in [2.05, 4.69) is 10.1 Å². The van der Waals surface area contributed by atoms with E-state index >= 15 is 0 Å². The first-order valence-electron chi connectivity index (χ1n) is 7.59. The van der Waals surface area contributed by atoms with Gasteiger partial charge in [0.2, 0.25) is 0 Å². The summed E-state index contributed by atoms with van der Waals surface area (Å²) < 4.78 is 1.71. The Kier molecular flexibility index (Phi) is 3.35. The summed E-state index contributed by atoms with van der Waals surface area (Å²) in [6.07, 6.45) is 6.87. The molecule has 0 N–H and O–H groups in total. The van der Waals surface area contributed by atoms with Crippen LogP contribution in [0.5, 0.6) is 0 Å². The van der Waals surface area contributed by atoms with Crippen LogP contribution in [0.3, 0.4) is 0 Å². The first kappa shape index (κ1) is 13.6. The SMILES string of the molecule is O=C1/C(=C/c2ccc(-n3cncn3)cc2)CCc2ccccc21. The van der Waals surface area contributed by atoms with Crippen molar-refractivity contribution in [1.29, 1.82) is 0 Å². The number of allylic oxidation sites excluding steroid dienone is 1. The van der Waals surface area contributed by atoms with E-state index in [4.69, 9.17) is 0 Å². The van der Waals surface area contributed by atoms with Crippen molar-refractivity contribution in [2.24, 2.45) is 0 Å². The summed E-state index contributed by atoms with van der Waals surface area (Å²) in [7, 11) is 0. The zero-order valence-electron chi connectivity index (χ0n) is 12.5. The lowest BCUT2D eigenvalue weighted by Crippen LogP contribution is -2.13. The van der Waals surface area contributed by atoms with Gasteiger partial charge in [-0.1, -0.05) is 36.4 Å². The van der Waals surface area contributed by atoms with Crippen LogP contribution in [-0.2, 0) is 6.42 Å². The quantitative estimate of drug-likeness (QED) is 0.681. The van der Waals surface area contributed by atoms with Crippen molar-refractivity contribution < 1.29 is 4.79 Å². The van der Waals surface area contributed by atoms with Crippen LogP contribution in [-0.4, -0.2) is 20.5 Å². The van der Waals surface area contributed by atoms with Gasteiger partial charge in [0.15, 0.2) is 5.78 Å². The second kappa shape index (κ2) is 5.65. The Morgan fingerprint density at radius 3 is 2.61 bits per heavy atom. The number of benzene rings is 2. The molecular formula is C19H15N3O. The zero-order valence-corrected chi connectivity index (χ0v) is 12.5. The largest absolute Gasteiger partial charge is 0.289 e. The van der Waals surface area contributed by atoms with Gasteiger partial charge in [-0.2, -0.15) is 5.10 Å². The molecule has 0 saturated heterocycles. The molecular weight excluding hydrogens is 286 g/mol. The number of hydrogen-bond donors (Lipinski definition) is 0. The van der Waals surface area contributed by atoms with E-state index in [-0.39, 0.29) is 5.78 Å². The molecule has 0 unspecified atom stereocenters. The van der Waals surface area contributed by atoms with E-state index < -0.39 is 0 Å². The Morgan fingerprint density at radius 1 is 1.00 bits per heavy atom. The number of hydrogen-bond acceptors (Lipinski definition) is 3. The fourth-order valence-electron chi connectivity index (χ4n) is 2.92. The molecule has 23 heavy (non-hydrogen) atoms. The summed E-state index contributed by atoms with van der Waals surface area (Å²) in [5.74, 6) is 0.146. The molecule has 0 atom stereocenters. The molecule has 0 amide bonds. The third-order valence-electron chi connectivity index (χ3n) is 4.13. The summed E-state index contributed by atoms with van der Waals surface area (Å²) in [6, 6.07) is 15.8. The predicted octanol–water partition coefficient (Wildman–Crippen LogP) is 3.48. The van der Waals surface area contributed by atoms with E-state index in [0.717, 1.165) is 40.8 Å².